The number of hydrogen-bond donors (Lipinski definition) is 1. The van der Waals surface area contributed by atoms with Gasteiger partial charge in [-0.1, -0.05) is 23.9 Å². The molecule has 0 aliphatic rings. The second kappa shape index (κ2) is 5.43. The number of fused-ring (bicyclic) bond motifs is 1. The number of anilines is 1. The fourth-order valence-electron chi connectivity index (χ4n) is 2.01. The number of benzene rings is 2. The fourth-order valence-corrected chi connectivity index (χ4v) is 2.96. The minimum Gasteiger partial charge on any atom is -0.497 e. The second-order valence-electron chi connectivity index (χ2n) is 4.34. The molecule has 0 unspecified atom stereocenters. The zero-order valence-corrected chi connectivity index (χ0v) is 11.9. The summed E-state index contributed by atoms with van der Waals surface area (Å²) >= 11 is 1.58. The lowest BCUT2D eigenvalue weighted by Crippen LogP contribution is -1.89. The Morgan fingerprint density at radius 2 is 1.95 bits per heavy atom. The summed E-state index contributed by atoms with van der Waals surface area (Å²) in [5.74, 6) is 0.846. The zero-order chi connectivity index (χ0) is 13.9. The van der Waals surface area contributed by atoms with Gasteiger partial charge in [0.2, 0.25) is 0 Å². The van der Waals surface area contributed by atoms with Crippen LogP contribution in [0.4, 0.5) is 5.69 Å². The first-order valence-corrected chi connectivity index (χ1v) is 7.04. The first-order chi connectivity index (χ1) is 9.78. The highest BCUT2D eigenvalue weighted by Crippen LogP contribution is 2.35. The minimum absolute atomic E-state index is 0.768. The molecule has 100 valence electrons. The quantitative estimate of drug-likeness (QED) is 0.738. The van der Waals surface area contributed by atoms with Crippen LogP contribution in [-0.2, 0) is 0 Å². The molecule has 0 amide bonds. The van der Waals surface area contributed by atoms with Gasteiger partial charge in [-0.3, -0.25) is 0 Å². The van der Waals surface area contributed by atoms with Gasteiger partial charge < -0.3 is 10.5 Å². The van der Waals surface area contributed by atoms with Gasteiger partial charge in [-0.05, 0) is 41.8 Å². The number of nitrogen functional groups attached to an aromatic ring is 1. The Hall–Kier alpha value is -2.20. The van der Waals surface area contributed by atoms with Crippen LogP contribution in [0.15, 0.2) is 64.6 Å². The minimum atomic E-state index is 0.768. The lowest BCUT2D eigenvalue weighted by Gasteiger charge is -2.08. The van der Waals surface area contributed by atoms with Gasteiger partial charge in [0.1, 0.15) is 10.8 Å². The van der Waals surface area contributed by atoms with Crippen molar-refractivity contribution in [1.29, 1.82) is 0 Å². The number of para-hydroxylation sites is 1. The molecule has 0 aliphatic carbocycles. The number of rotatable bonds is 3. The molecule has 0 radical (unpaired) electrons. The van der Waals surface area contributed by atoms with Crippen molar-refractivity contribution in [3.63, 3.8) is 0 Å². The van der Waals surface area contributed by atoms with Crippen LogP contribution in [0, 0.1) is 0 Å². The lowest BCUT2D eigenvalue weighted by atomic mass is 10.2. The zero-order valence-electron chi connectivity index (χ0n) is 11.0. The van der Waals surface area contributed by atoms with Crippen molar-refractivity contribution in [2.75, 3.05) is 12.8 Å². The van der Waals surface area contributed by atoms with Crippen LogP contribution in [0.3, 0.4) is 0 Å². The summed E-state index contributed by atoms with van der Waals surface area (Å²) in [5.41, 5.74) is 6.76. The molecule has 0 saturated carbocycles. The summed E-state index contributed by atoms with van der Waals surface area (Å²) in [6.45, 7) is 0. The number of hydrogen-bond acceptors (Lipinski definition) is 4. The normalized spacial score (nSPS) is 10.7. The molecule has 3 nitrogen and oxygen atoms in total. The van der Waals surface area contributed by atoms with Gasteiger partial charge in [-0.15, -0.1) is 0 Å². The van der Waals surface area contributed by atoms with E-state index in [-0.39, 0.29) is 0 Å². The van der Waals surface area contributed by atoms with Gasteiger partial charge >= 0.3 is 0 Å². The van der Waals surface area contributed by atoms with Crippen LogP contribution >= 0.6 is 11.8 Å². The number of nitrogens with two attached hydrogens (primary N) is 1. The van der Waals surface area contributed by atoms with E-state index in [1.165, 1.54) is 0 Å². The van der Waals surface area contributed by atoms with Crippen LogP contribution in [0.1, 0.15) is 0 Å². The van der Waals surface area contributed by atoms with Crippen molar-refractivity contribution in [3.05, 3.63) is 54.7 Å². The summed E-state index contributed by atoms with van der Waals surface area (Å²) in [4.78, 5) is 5.48. The van der Waals surface area contributed by atoms with Crippen LogP contribution in [0.2, 0.25) is 0 Å². The molecule has 1 aromatic heterocycles. The second-order valence-corrected chi connectivity index (χ2v) is 5.37. The molecule has 0 saturated heterocycles. The number of pyridine rings is 1. The number of nitrogens with zero attached hydrogens (tertiary/aromatic N) is 1. The van der Waals surface area contributed by atoms with E-state index in [2.05, 4.69) is 4.98 Å². The molecule has 0 spiro atoms. The standard InChI is InChI=1S/C16H14N2OS/c1-19-12-6-7-13-11(10-12)8-9-18-16(13)20-15-5-3-2-4-14(15)17/h2-10H,17H2,1H3. The Morgan fingerprint density at radius 1 is 1.10 bits per heavy atom. The molecule has 0 atom stereocenters. The molecule has 4 heteroatoms. The molecule has 2 aromatic carbocycles. The average Bonchev–Trinajstić information content (AvgIpc) is 2.49. The van der Waals surface area contributed by atoms with Crippen LogP contribution in [-0.4, -0.2) is 12.1 Å². The smallest absolute Gasteiger partial charge is 0.119 e. The Kier molecular flexibility index (Phi) is 3.48. The highest BCUT2D eigenvalue weighted by molar-refractivity contribution is 7.99. The van der Waals surface area contributed by atoms with Gasteiger partial charge in [0.25, 0.3) is 0 Å². The van der Waals surface area contributed by atoms with Gasteiger partial charge in [0.15, 0.2) is 0 Å². The van der Waals surface area contributed by atoms with Crippen molar-refractivity contribution in [2.24, 2.45) is 0 Å². The molecular weight excluding hydrogens is 268 g/mol. The maximum Gasteiger partial charge on any atom is 0.119 e. The molecule has 0 bridgehead atoms. The summed E-state index contributed by atoms with van der Waals surface area (Å²) in [7, 11) is 1.67. The number of methoxy groups -OCH3 is 1. The van der Waals surface area contributed by atoms with Gasteiger partial charge in [0.05, 0.1) is 7.11 Å². The first kappa shape index (κ1) is 12.8. The summed E-state index contributed by atoms with van der Waals surface area (Å²) in [5, 5.41) is 3.15. The predicted octanol–water partition coefficient (Wildman–Crippen LogP) is 3.98. The Labute approximate surface area is 121 Å². The third-order valence-electron chi connectivity index (χ3n) is 3.06. The summed E-state index contributed by atoms with van der Waals surface area (Å²) < 4.78 is 5.25. The molecule has 3 aromatic rings. The Bertz CT molecular complexity index is 758. The third kappa shape index (κ3) is 2.42. The van der Waals surface area contributed by atoms with Crippen molar-refractivity contribution in [2.45, 2.75) is 9.92 Å². The fraction of sp³-hybridized carbons (Fsp3) is 0.0625. The maximum absolute atomic E-state index is 5.99. The molecule has 0 fully saturated rings. The maximum atomic E-state index is 5.99. The molecular formula is C16H14N2OS. The topological polar surface area (TPSA) is 48.1 Å². The van der Waals surface area contributed by atoms with E-state index in [1.807, 2.05) is 54.7 Å². The van der Waals surface area contributed by atoms with Gasteiger partial charge in [-0.25, -0.2) is 4.98 Å². The van der Waals surface area contributed by atoms with E-state index in [4.69, 9.17) is 10.5 Å². The highest BCUT2D eigenvalue weighted by Gasteiger charge is 2.07. The van der Waals surface area contributed by atoms with E-state index in [1.54, 1.807) is 18.9 Å². The molecule has 3 rings (SSSR count). The highest BCUT2D eigenvalue weighted by atomic mass is 32.2. The van der Waals surface area contributed by atoms with E-state index < -0.39 is 0 Å². The van der Waals surface area contributed by atoms with Gasteiger partial charge in [-0.2, -0.15) is 0 Å². The summed E-state index contributed by atoms with van der Waals surface area (Å²) in [6.07, 6.45) is 1.81. The van der Waals surface area contributed by atoms with Crippen molar-refractivity contribution >= 4 is 28.2 Å². The van der Waals surface area contributed by atoms with Gasteiger partial charge in [0, 0.05) is 22.2 Å². The number of aromatic nitrogens is 1. The van der Waals surface area contributed by atoms with Crippen molar-refractivity contribution in [1.82, 2.24) is 4.98 Å². The van der Waals surface area contributed by atoms with E-state index in [9.17, 15) is 0 Å². The summed E-state index contributed by atoms with van der Waals surface area (Å²) in [6, 6.07) is 15.8. The SMILES string of the molecule is COc1ccc2c(Sc3ccccc3N)nccc2c1. The molecule has 0 aliphatic heterocycles. The first-order valence-electron chi connectivity index (χ1n) is 6.23. The van der Waals surface area contributed by atoms with Crippen LogP contribution in [0.25, 0.3) is 10.8 Å². The third-order valence-corrected chi connectivity index (χ3v) is 4.17. The Morgan fingerprint density at radius 3 is 2.75 bits per heavy atom. The van der Waals surface area contributed by atoms with E-state index in [0.717, 1.165) is 32.1 Å². The van der Waals surface area contributed by atoms with Crippen LogP contribution in [0.5, 0.6) is 5.75 Å². The largest absolute Gasteiger partial charge is 0.497 e. The van der Waals surface area contributed by atoms with Crippen molar-refractivity contribution < 1.29 is 4.74 Å². The number of ether oxygens (including phenoxy) is 1. The predicted molar refractivity (Wildman–Crippen MR) is 83.3 cm³/mol. The van der Waals surface area contributed by atoms with E-state index >= 15 is 0 Å². The average molecular weight is 282 g/mol. The molecule has 1 heterocycles. The molecule has 2 N–H and O–H groups in total. The molecule has 20 heavy (non-hydrogen) atoms. The monoisotopic (exact) mass is 282 g/mol. The lowest BCUT2D eigenvalue weighted by molar-refractivity contribution is 0.415. The van der Waals surface area contributed by atoms with E-state index in [0.29, 0.717) is 0 Å². The van der Waals surface area contributed by atoms with Crippen LogP contribution < -0.4 is 10.5 Å². The van der Waals surface area contributed by atoms with Crippen molar-refractivity contribution in [3.8, 4) is 5.75 Å². The Balaban J connectivity index is 2.06.